The standard InChI is InChI=1S/C12H15F3N2OS/c13-12(14,15)8-17(5-6-18)7-9-3-1-2-4-10(9)11(16)19/h1-4,18H,5-8H2,(H2,16,19). The Morgan fingerprint density at radius 2 is 1.95 bits per heavy atom. The lowest BCUT2D eigenvalue weighted by atomic mass is 10.1. The van der Waals surface area contributed by atoms with Gasteiger partial charge in [-0.15, -0.1) is 0 Å². The lowest BCUT2D eigenvalue weighted by molar-refractivity contribution is -0.147. The predicted molar refractivity (Wildman–Crippen MR) is 70.7 cm³/mol. The minimum absolute atomic E-state index is 0.0353. The molecule has 0 aromatic heterocycles. The van der Waals surface area contributed by atoms with E-state index in [2.05, 4.69) is 0 Å². The van der Waals surface area contributed by atoms with E-state index in [-0.39, 0.29) is 24.7 Å². The summed E-state index contributed by atoms with van der Waals surface area (Å²) >= 11 is 4.86. The lowest BCUT2D eigenvalue weighted by Gasteiger charge is -2.23. The highest BCUT2D eigenvalue weighted by atomic mass is 32.1. The molecule has 19 heavy (non-hydrogen) atoms. The van der Waals surface area contributed by atoms with Crippen molar-refractivity contribution in [3.05, 3.63) is 35.4 Å². The van der Waals surface area contributed by atoms with Crippen LogP contribution in [0.3, 0.4) is 0 Å². The van der Waals surface area contributed by atoms with Gasteiger partial charge in [0, 0.05) is 18.7 Å². The van der Waals surface area contributed by atoms with Crippen molar-refractivity contribution in [2.75, 3.05) is 19.7 Å². The largest absolute Gasteiger partial charge is 0.401 e. The zero-order valence-electron chi connectivity index (χ0n) is 10.2. The number of nitrogens with two attached hydrogens (primary N) is 1. The molecule has 0 fully saturated rings. The van der Waals surface area contributed by atoms with Crippen LogP contribution >= 0.6 is 12.2 Å². The first kappa shape index (κ1) is 15.9. The Morgan fingerprint density at radius 1 is 1.32 bits per heavy atom. The summed E-state index contributed by atoms with van der Waals surface area (Å²) in [5.41, 5.74) is 6.71. The van der Waals surface area contributed by atoms with E-state index in [1.54, 1.807) is 24.3 Å². The molecule has 1 aromatic carbocycles. The fourth-order valence-electron chi connectivity index (χ4n) is 1.75. The van der Waals surface area contributed by atoms with Gasteiger partial charge in [-0.05, 0) is 5.56 Å². The summed E-state index contributed by atoms with van der Waals surface area (Å²) in [6.45, 7) is -1.46. The Morgan fingerprint density at radius 3 is 2.47 bits per heavy atom. The average Bonchev–Trinajstić information content (AvgIpc) is 2.27. The van der Waals surface area contributed by atoms with Gasteiger partial charge in [-0.3, -0.25) is 4.90 Å². The Labute approximate surface area is 114 Å². The summed E-state index contributed by atoms with van der Waals surface area (Å²) in [4.78, 5) is 1.25. The zero-order valence-corrected chi connectivity index (χ0v) is 11.0. The first-order chi connectivity index (χ1) is 8.83. The highest BCUT2D eigenvalue weighted by Gasteiger charge is 2.30. The van der Waals surface area contributed by atoms with Gasteiger partial charge >= 0.3 is 6.18 Å². The fraction of sp³-hybridized carbons (Fsp3) is 0.417. The number of aliphatic hydroxyl groups excluding tert-OH is 1. The third-order valence-electron chi connectivity index (χ3n) is 2.50. The molecular weight excluding hydrogens is 277 g/mol. The minimum atomic E-state index is -4.31. The smallest absolute Gasteiger partial charge is 0.395 e. The van der Waals surface area contributed by atoms with E-state index in [4.69, 9.17) is 23.1 Å². The molecule has 0 heterocycles. The van der Waals surface area contributed by atoms with Gasteiger partial charge in [-0.25, -0.2) is 0 Å². The van der Waals surface area contributed by atoms with Crippen LogP contribution in [0.15, 0.2) is 24.3 Å². The predicted octanol–water partition coefficient (Wildman–Crippen LogP) is 1.68. The lowest BCUT2D eigenvalue weighted by Crippen LogP contribution is -2.36. The molecule has 0 bridgehead atoms. The first-order valence-electron chi connectivity index (χ1n) is 5.61. The molecule has 0 radical (unpaired) electrons. The van der Waals surface area contributed by atoms with Crippen LogP contribution in [0.4, 0.5) is 13.2 Å². The van der Waals surface area contributed by atoms with Crippen LogP contribution < -0.4 is 5.73 Å². The number of aliphatic hydroxyl groups is 1. The number of hydrogen-bond donors (Lipinski definition) is 2. The molecule has 7 heteroatoms. The Hall–Kier alpha value is -1.18. The SMILES string of the molecule is NC(=S)c1ccccc1CN(CCO)CC(F)(F)F. The molecule has 1 rings (SSSR count). The summed E-state index contributed by atoms with van der Waals surface area (Å²) in [6, 6.07) is 6.78. The van der Waals surface area contributed by atoms with Crippen LogP contribution in [0.5, 0.6) is 0 Å². The number of nitrogens with zero attached hydrogens (tertiary/aromatic N) is 1. The van der Waals surface area contributed by atoms with Gasteiger partial charge in [-0.1, -0.05) is 36.5 Å². The highest BCUT2D eigenvalue weighted by molar-refractivity contribution is 7.80. The third-order valence-corrected chi connectivity index (χ3v) is 2.72. The summed E-state index contributed by atoms with van der Waals surface area (Å²) in [7, 11) is 0. The van der Waals surface area contributed by atoms with E-state index in [1.807, 2.05) is 0 Å². The van der Waals surface area contributed by atoms with Gasteiger partial charge < -0.3 is 10.8 Å². The number of rotatable bonds is 6. The monoisotopic (exact) mass is 292 g/mol. The molecular formula is C12H15F3N2OS. The topological polar surface area (TPSA) is 49.5 Å². The van der Waals surface area contributed by atoms with Crippen LogP contribution in [0, 0.1) is 0 Å². The van der Waals surface area contributed by atoms with E-state index in [0.717, 1.165) is 4.90 Å². The van der Waals surface area contributed by atoms with Gasteiger partial charge in [0.05, 0.1) is 13.2 Å². The van der Waals surface area contributed by atoms with Crippen LogP contribution in [0.25, 0.3) is 0 Å². The number of hydrogen-bond acceptors (Lipinski definition) is 3. The number of benzene rings is 1. The molecule has 0 saturated carbocycles. The third kappa shape index (κ3) is 5.54. The van der Waals surface area contributed by atoms with Crippen molar-refractivity contribution < 1.29 is 18.3 Å². The summed E-state index contributed by atoms with van der Waals surface area (Å²) < 4.78 is 37.3. The molecule has 106 valence electrons. The molecule has 3 N–H and O–H groups in total. The quantitative estimate of drug-likeness (QED) is 0.783. The molecule has 3 nitrogen and oxygen atoms in total. The van der Waals surface area contributed by atoms with E-state index in [0.29, 0.717) is 11.1 Å². The number of alkyl halides is 3. The highest BCUT2D eigenvalue weighted by Crippen LogP contribution is 2.19. The first-order valence-corrected chi connectivity index (χ1v) is 6.02. The normalized spacial score (nSPS) is 11.8. The number of halogens is 3. The van der Waals surface area contributed by atoms with E-state index in [9.17, 15) is 13.2 Å². The van der Waals surface area contributed by atoms with E-state index < -0.39 is 12.7 Å². The Bertz CT molecular complexity index is 437. The van der Waals surface area contributed by atoms with Crippen molar-refractivity contribution in [2.24, 2.45) is 5.73 Å². The molecule has 0 unspecified atom stereocenters. The molecule has 1 aromatic rings. The second-order valence-electron chi connectivity index (χ2n) is 4.07. The summed E-state index contributed by atoms with van der Waals surface area (Å²) in [5, 5.41) is 8.83. The van der Waals surface area contributed by atoms with Crippen molar-refractivity contribution in [1.82, 2.24) is 4.90 Å². The van der Waals surface area contributed by atoms with Crippen molar-refractivity contribution in [1.29, 1.82) is 0 Å². The van der Waals surface area contributed by atoms with Crippen LogP contribution in [-0.2, 0) is 6.54 Å². The van der Waals surface area contributed by atoms with Gasteiger partial charge in [0.25, 0.3) is 0 Å². The molecule has 0 aliphatic heterocycles. The maximum absolute atomic E-state index is 12.4. The Balaban J connectivity index is 2.87. The maximum Gasteiger partial charge on any atom is 0.401 e. The van der Waals surface area contributed by atoms with Crippen molar-refractivity contribution >= 4 is 17.2 Å². The Kier molecular flexibility index (Phi) is 5.71. The molecule has 0 amide bonds. The van der Waals surface area contributed by atoms with E-state index >= 15 is 0 Å². The second kappa shape index (κ2) is 6.83. The summed E-state index contributed by atoms with van der Waals surface area (Å²) in [5.74, 6) is 0. The maximum atomic E-state index is 12.4. The van der Waals surface area contributed by atoms with E-state index in [1.165, 1.54) is 0 Å². The average molecular weight is 292 g/mol. The molecule has 0 aliphatic rings. The van der Waals surface area contributed by atoms with Gasteiger partial charge in [-0.2, -0.15) is 13.2 Å². The summed E-state index contributed by atoms with van der Waals surface area (Å²) in [6.07, 6.45) is -4.31. The molecule has 0 atom stereocenters. The fourth-order valence-corrected chi connectivity index (χ4v) is 1.95. The zero-order chi connectivity index (χ0) is 14.5. The van der Waals surface area contributed by atoms with Crippen molar-refractivity contribution in [3.63, 3.8) is 0 Å². The van der Waals surface area contributed by atoms with Gasteiger partial charge in [0.1, 0.15) is 4.99 Å². The minimum Gasteiger partial charge on any atom is -0.395 e. The van der Waals surface area contributed by atoms with Crippen molar-refractivity contribution in [2.45, 2.75) is 12.7 Å². The second-order valence-corrected chi connectivity index (χ2v) is 4.51. The molecule has 0 saturated heterocycles. The molecule has 0 spiro atoms. The van der Waals surface area contributed by atoms with Crippen molar-refractivity contribution in [3.8, 4) is 0 Å². The van der Waals surface area contributed by atoms with Crippen LogP contribution in [0.1, 0.15) is 11.1 Å². The van der Waals surface area contributed by atoms with Gasteiger partial charge in [0.15, 0.2) is 0 Å². The van der Waals surface area contributed by atoms with Gasteiger partial charge in [0.2, 0.25) is 0 Å². The van der Waals surface area contributed by atoms with Crippen LogP contribution in [0.2, 0.25) is 0 Å². The number of thiocarbonyl (C=S) groups is 1. The molecule has 0 aliphatic carbocycles. The van der Waals surface area contributed by atoms with Crippen LogP contribution in [-0.4, -0.2) is 40.9 Å².